The molecule has 164 valence electrons. The summed E-state index contributed by atoms with van der Waals surface area (Å²) >= 11 is 7.61. The summed E-state index contributed by atoms with van der Waals surface area (Å²) in [4.78, 5) is 41.5. The van der Waals surface area contributed by atoms with E-state index in [4.69, 9.17) is 16.3 Å². The summed E-state index contributed by atoms with van der Waals surface area (Å²) in [6.45, 7) is 0. The van der Waals surface area contributed by atoms with E-state index in [9.17, 15) is 14.4 Å². The highest BCUT2D eigenvalue weighted by molar-refractivity contribution is 7.98. The molecule has 1 N–H and O–H groups in total. The van der Waals surface area contributed by atoms with Gasteiger partial charge in [-0.25, -0.2) is 4.79 Å². The van der Waals surface area contributed by atoms with E-state index in [2.05, 4.69) is 10.3 Å². The van der Waals surface area contributed by atoms with Crippen LogP contribution in [0, 0.1) is 0 Å². The standard InChI is InChI=1S/C23H20ClN3O4S/c1-27-20-19(21(29)26-23(27)32-12-15-5-3-4-6-17(15)24)16(11-18(28)25-20)13-7-9-14(10-8-13)22(30)31-2/h3-10,16H,11-12H2,1-2H3,(H,25,28)/t16-/m1/s1. The molecule has 32 heavy (non-hydrogen) atoms. The maximum atomic E-state index is 13.0. The number of thioether (sulfide) groups is 1. The number of methoxy groups -OCH3 is 1. The van der Waals surface area contributed by atoms with E-state index in [1.807, 2.05) is 24.3 Å². The van der Waals surface area contributed by atoms with Crippen molar-refractivity contribution in [1.82, 2.24) is 9.55 Å². The lowest BCUT2D eigenvalue weighted by Crippen LogP contribution is -2.33. The molecule has 1 amide bonds. The predicted molar refractivity (Wildman–Crippen MR) is 123 cm³/mol. The van der Waals surface area contributed by atoms with Crippen molar-refractivity contribution in [2.45, 2.75) is 23.2 Å². The summed E-state index contributed by atoms with van der Waals surface area (Å²) in [6.07, 6.45) is 0.119. The molecule has 1 aliphatic heterocycles. The molecular weight excluding hydrogens is 450 g/mol. The monoisotopic (exact) mass is 469 g/mol. The minimum absolute atomic E-state index is 0.119. The van der Waals surface area contributed by atoms with Crippen LogP contribution in [-0.2, 0) is 22.3 Å². The van der Waals surface area contributed by atoms with E-state index < -0.39 is 11.9 Å². The SMILES string of the molecule is COC(=O)c1ccc([C@H]2CC(=O)Nc3c2c(=O)nc(SCc2ccccc2Cl)n3C)cc1. The van der Waals surface area contributed by atoms with Gasteiger partial charge in [0.05, 0.1) is 18.2 Å². The van der Waals surface area contributed by atoms with Crippen molar-refractivity contribution < 1.29 is 14.3 Å². The molecule has 1 aliphatic rings. The zero-order valence-corrected chi connectivity index (χ0v) is 19.0. The number of carbonyl (C=O) groups excluding carboxylic acids is 2. The quantitative estimate of drug-likeness (QED) is 0.345. The number of anilines is 1. The molecule has 3 aromatic rings. The first-order chi connectivity index (χ1) is 15.4. The molecule has 0 saturated heterocycles. The molecule has 2 aromatic carbocycles. The number of fused-ring (bicyclic) bond motifs is 1. The van der Waals surface area contributed by atoms with Gasteiger partial charge in [-0.05, 0) is 29.3 Å². The topological polar surface area (TPSA) is 90.3 Å². The number of benzene rings is 2. The highest BCUT2D eigenvalue weighted by atomic mass is 35.5. The molecule has 1 atom stereocenters. The number of hydrogen-bond acceptors (Lipinski definition) is 6. The van der Waals surface area contributed by atoms with Crippen LogP contribution in [0.5, 0.6) is 0 Å². The Kier molecular flexibility index (Phi) is 6.34. The van der Waals surface area contributed by atoms with E-state index in [1.54, 1.807) is 35.9 Å². The Balaban J connectivity index is 1.69. The van der Waals surface area contributed by atoms with E-state index in [-0.39, 0.29) is 17.9 Å². The van der Waals surface area contributed by atoms with Crippen LogP contribution in [0.1, 0.15) is 39.4 Å². The second-order valence-electron chi connectivity index (χ2n) is 7.32. The molecular formula is C23H20ClN3O4S. The Hall–Kier alpha value is -3.10. The third-order valence-electron chi connectivity index (χ3n) is 5.35. The summed E-state index contributed by atoms with van der Waals surface area (Å²) in [5.74, 6) is -0.131. The molecule has 1 aromatic heterocycles. The van der Waals surface area contributed by atoms with Crippen molar-refractivity contribution in [2.75, 3.05) is 12.4 Å². The van der Waals surface area contributed by atoms with Gasteiger partial charge in [-0.1, -0.05) is 53.7 Å². The maximum absolute atomic E-state index is 13.0. The number of amides is 1. The lowest BCUT2D eigenvalue weighted by Gasteiger charge is -2.27. The maximum Gasteiger partial charge on any atom is 0.337 e. The Morgan fingerprint density at radius 1 is 1.22 bits per heavy atom. The molecule has 2 heterocycles. The van der Waals surface area contributed by atoms with Gasteiger partial charge in [0.25, 0.3) is 5.56 Å². The van der Waals surface area contributed by atoms with Gasteiger partial charge >= 0.3 is 5.97 Å². The number of rotatable bonds is 5. The Bertz CT molecular complexity index is 1260. The van der Waals surface area contributed by atoms with Crippen molar-refractivity contribution >= 4 is 41.1 Å². The van der Waals surface area contributed by atoms with Crippen LogP contribution in [0.3, 0.4) is 0 Å². The van der Waals surface area contributed by atoms with Crippen LogP contribution < -0.4 is 10.9 Å². The summed E-state index contributed by atoms with van der Waals surface area (Å²) in [6, 6.07) is 14.2. The number of ether oxygens (including phenoxy) is 1. The van der Waals surface area contributed by atoms with Crippen LogP contribution in [0.15, 0.2) is 58.5 Å². The van der Waals surface area contributed by atoms with Crippen molar-refractivity contribution in [3.8, 4) is 0 Å². The van der Waals surface area contributed by atoms with Crippen LogP contribution in [0.2, 0.25) is 5.02 Å². The summed E-state index contributed by atoms with van der Waals surface area (Å²) in [5.41, 5.74) is 2.12. The molecule has 9 heteroatoms. The van der Waals surface area contributed by atoms with E-state index in [1.165, 1.54) is 18.9 Å². The van der Waals surface area contributed by atoms with Gasteiger partial charge in [0, 0.05) is 30.2 Å². The predicted octanol–water partition coefficient (Wildman–Crippen LogP) is 3.99. The number of aromatic nitrogens is 2. The van der Waals surface area contributed by atoms with Crippen molar-refractivity contribution in [3.05, 3.63) is 86.2 Å². The largest absolute Gasteiger partial charge is 0.465 e. The Morgan fingerprint density at radius 2 is 1.94 bits per heavy atom. The first-order valence-corrected chi connectivity index (χ1v) is 11.2. The van der Waals surface area contributed by atoms with Crippen LogP contribution in [0.4, 0.5) is 5.82 Å². The molecule has 7 nitrogen and oxygen atoms in total. The molecule has 0 bridgehead atoms. The van der Waals surface area contributed by atoms with Gasteiger partial charge in [-0.2, -0.15) is 4.98 Å². The molecule has 0 fully saturated rings. The number of esters is 1. The number of halogens is 1. The molecule has 4 rings (SSSR count). The zero-order chi connectivity index (χ0) is 22.8. The number of hydrogen-bond donors (Lipinski definition) is 1. The fourth-order valence-electron chi connectivity index (χ4n) is 3.68. The lowest BCUT2D eigenvalue weighted by atomic mass is 9.86. The third kappa shape index (κ3) is 4.28. The second kappa shape index (κ2) is 9.18. The van der Waals surface area contributed by atoms with E-state index in [0.29, 0.717) is 32.9 Å². The molecule has 0 unspecified atom stereocenters. The number of carbonyl (C=O) groups is 2. The highest BCUT2D eigenvalue weighted by Gasteiger charge is 2.32. The third-order valence-corrected chi connectivity index (χ3v) is 6.80. The van der Waals surface area contributed by atoms with Crippen LogP contribution in [0.25, 0.3) is 0 Å². The number of nitrogens with one attached hydrogen (secondary N) is 1. The fourth-order valence-corrected chi connectivity index (χ4v) is 4.93. The van der Waals surface area contributed by atoms with Crippen LogP contribution in [-0.4, -0.2) is 28.5 Å². The van der Waals surface area contributed by atoms with Gasteiger partial charge in [-0.3, -0.25) is 9.59 Å². The van der Waals surface area contributed by atoms with Crippen molar-refractivity contribution in [2.24, 2.45) is 7.05 Å². The first kappa shape index (κ1) is 22.1. The molecule has 0 saturated carbocycles. The van der Waals surface area contributed by atoms with Gasteiger partial charge in [0.1, 0.15) is 5.82 Å². The van der Waals surface area contributed by atoms with Crippen LogP contribution >= 0.6 is 23.4 Å². The van der Waals surface area contributed by atoms with E-state index in [0.717, 1.165) is 11.1 Å². The second-order valence-corrected chi connectivity index (χ2v) is 8.67. The first-order valence-electron chi connectivity index (χ1n) is 9.84. The summed E-state index contributed by atoms with van der Waals surface area (Å²) in [5, 5.41) is 3.96. The van der Waals surface area contributed by atoms with Crippen molar-refractivity contribution in [1.29, 1.82) is 0 Å². The molecule has 0 aliphatic carbocycles. The Labute approximate surface area is 193 Å². The fraction of sp³-hybridized carbons (Fsp3) is 0.217. The zero-order valence-electron chi connectivity index (χ0n) is 17.4. The van der Waals surface area contributed by atoms with Gasteiger partial charge in [-0.15, -0.1) is 0 Å². The smallest absolute Gasteiger partial charge is 0.337 e. The Morgan fingerprint density at radius 3 is 2.62 bits per heavy atom. The van der Waals surface area contributed by atoms with Gasteiger partial charge < -0.3 is 14.6 Å². The van der Waals surface area contributed by atoms with Gasteiger partial charge in [0.2, 0.25) is 5.91 Å². The van der Waals surface area contributed by atoms with E-state index >= 15 is 0 Å². The average molecular weight is 470 g/mol. The molecule has 0 spiro atoms. The van der Waals surface area contributed by atoms with Gasteiger partial charge in [0.15, 0.2) is 5.16 Å². The normalized spacial score (nSPS) is 15.1. The average Bonchev–Trinajstić information content (AvgIpc) is 2.80. The minimum atomic E-state index is -0.459. The minimum Gasteiger partial charge on any atom is -0.465 e. The highest BCUT2D eigenvalue weighted by Crippen LogP contribution is 2.36. The van der Waals surface area contributed by atoms with Crippen molar-refractivity contribution in [3.63, 3.8) is 0 Å². The number of nitrogens with zero attached hydrogens (tertiary/aromatic N) is 2. The summed E-state index contributed by atoms with van der Waals surface area (Å²) < 4.78 is 6.46. The lowest BCUT2D eigenvalue weighted by molar-refractivity contribution is -0.116. The summed E-state index contributed by atoms with van der Waals surface area (Å²) in [7, 11) is 3.08. The molecule has 0 radical (unpaired) electrons.